The molecule has 2 aliphatic rings. The number of ether oxygens (including phenoxy) is 4. The first-order valence-electron chi connectivity index (χ1n) is 10.6. The molecule has 0 unspecified atom stereocenters. The largest absolute Gasteiger partial charge is 0.433 e. The van der Waals surface area contributed by atoms with Gasteiger partial charge < -0.3 is 54.7 Å². The number of rotatable bonds is 8. The minimum atomic E-state index is -1.73. The maximum Gasteiger partial charge on any atom is 0.308 e. The molecule has 10 atom stereocenters. The molecule has 0 radical (unpaired) electrons. The third kappa shape index (κ3) is 6.25. The predicted octanol–water partition coefficient (Wildman–Crippen LogP) is -3.21. The number of hydrogen-bond donors (Lipinski definition) is 7. The van der Waals surface area contributed by atoms with E-state index in [-0.39, 0.29) is 6.42 Å². The van der Waals surface area contributed by atoms with E-state index in [0.717, 1.165) is 5.56 Å². The van der Waals surface area contributed by atoms with Gasteiger partial charge in [-0.2, -0.15) is 0 Å². The average Bonchev–Trinajstić information content (AvgIpc) is 2.82. The van der Waals surface area contributed by atoms with E-state index in [4.69, 9.17) is 18.9 Å². The van der Waals surface area contributed by atoms with Crippen molar-refractivity contribution in [2.45, 2.75) is 74.3 Å². The Balaban J connectivity index is 1.55. The van der Waals surface area contributed by atoms with Gasteiger partial charge in [0, 0.05) is 6.42 Å². The van der Waals surface area contributed by atoms with Crippen molar-refractivity contribution in [2.75, 3.05) is 13.2 Å². The first-order valence-corrected chi connectivity index (χ1v) is 10.6. The highest BCUT2D eigenvalue weighted by Crippen LogP contribution is 2.26. The molecule has 2 aliphatic heterocycles. The van der Waals surface area contributed by atoms with E-state index in [1.165, 1.54) is 0 Å². The van der Waals surface area contributed by atoms with Gasteiger partial charge >= 0.3 is 5.97 Å². The highest BCUT2D eigenvalue weighted by atomic mass is 16.7. The predicted molar refractivity (Wildman–Crippen MR) is 107 cm³/mol. The van der Waals surface area contributed by atoms with Gasteiger partial charge in [0.2, 0.25) is 6.29 Å². The van der Waals surface area contributed by atoms with Crippen LogP contribution < -0.4 is 0 Å². The molecule has 2 heterocycles. The second-order valence-corrected chi connectivity index (χ2v) is 8.02. The Labute approximate surface area is 189 Å². The lowest BCUT2D eigenvalue weighted by Gasteiger charge is -2.42. The summed E-state index contributed by atoms with van der Waals surface area (Å²) in [6, 6.07) is 9.17. The Morgan fingerprint density at radius 1 is 0.788 bits per heavy atom. The van der Waals surface area contributed by atoms with Crippen LogP contribution in [0.15, 0.2) is 30.3 Å². The molecule has 3 rings (SSSR count). The van der Waals surface area contributed by atoms with Crippen molar-refractivity contribution in [1.29, 1.82) is 0 Å². The van der Waals surface area contributed by atoms with Gasteiger partial charge in [0.15, 0.2) is 6.29 Å². The van der Waals surface area contributed by atoms with Gasteiger partial charge in [-0.1, -0.05) is 30.3 Å². The smallest absolute Gasteiger partial charge is 0.308 e. The van der Waals surface area contributed by atoms with E-state index in [1.54, 1.807) is 0 Å². The van der Waals surface area contributed by atoms with E-state index in [9.17, 15) is 40.5 Å². The molecule has 0 aromatic heterocycles. The van der Waals surface area contributed by atoms with Crippen LogP contribution in [0.4, 0.5) is 0 Å². The van der Waals surface area contributed by atoms with Gasteiger partial charge in [0.05, 0.1) is 13.2 Å². The second kappa shape index (κ2) is 11.6. The molecule has 186 valence electrons. The van der Waals surface area contributed by atoms with Gasteiger partial charge in [-0.15, -0.1) is 0 Å². The van der Waals surface area contributed by atoms with Crippen LogP contribution in [-0.4, -0.2) is 116 Å². The molecule has 0 amide bonds. The molecule has 7 N–H and O–H groups in total. The lowest BCUT2D eigenvalue weighted by molar-refractivity contribution is -0.327. The molecule has 1 aromatic rings. The molecule has 1 aromatic carbocycles. The Morgan fingerprint density at radius 3 is 2.00 bits per heavy atom. The zero-order chi connectivity index (χ0) is 24.1. The molecule has 12 heteroatoms. The highest BCUT2D eigenvalue weighted by Gasteiger charge is 2.48. The van der Waals surface area contributed by atoms with E-state index < -0.39 is 80.6 Å². The summed E-state index contributed by atoms with van der Waals surface area (Å²) in [7, 11) is 0. The molecule has 0 bridgehead atoms. The summed E-state index contributed by atoms with van der Waals surface area (Å²) in [5.74, 6) is -0.694. The van der Waals surface area contributed by atoms with Crippen LogP contribution in [0.1, 0.15) is 12.0 Å². The number of benzene rings is 1. The topological polar surface area (TPSA) is 196 Å². The zero-order valence-electron chi connectivity index (χ0n) is 17.7. The fraction of sp³-hybridized carbons (Fsp3) is 0.667. The van der Waals surface area contributed by atoms with E-state index in [0.29, 0.717) is 6.42 Å². The maximum absolute atomic E-state index is 12.2. The molecule has 0 aliphatic carbocycles. The van der Waals surface area contributed by atoms with Crippen LogP contribution >= 0.6 is 0 Å². The van der Waals surface area contributed by atoms with E-state index in [2.05, 4.69) is 0 Å². The quantitative estimate of drug-likeness (QED) is 0.187. The summed E-state index contributed by atoms with van der Waals surface area (Å²) >= 11 is 0. The summed E-state index contributed by atoms with van der Waals surface area (Å²) < 4.78 is 21.1. The highest BCUT2D eigenvalue weighted by molar-refractivity contribution is 5.69. The number of aryl methyl sites for hydroxylation is 1. The fourth-order valence-corrected chi connectivity index (χ4v) is 3.63. The molecular weight excluding hydrogens is 444 g/mol. The Bertz CT molecular complexity index is 746. The Kier molecular flexibility index (Phi) is 9.12. The summed E-state index contributed by atoms with van der Waals surface area (Å²) in [5, 5.41) is 69.4. The number of carbonyl (C=O) groups excluding carboxylic acids is 1. The molecule has 12 nitrogen and oxygen atoms in total. The Morgan fingerprint density at radius 2 is 1.36 bits per heavy atom. The standard InChI is InChI=1S/C21H30O12/c22-8-11-14(24)16(26)18(28)20(31-11)30-9-12-15(25)17(27)19(29)21(32-12)33-13(23)7-6-10-4-2-1-3-5-10/h1-5,11-12,14-22,24-29H,6-9H2/t11-,12-,14-,15-,16+,17+,18-,19-,20-,21+/m1/s1. The lowest BCUT2D eigenvalue weighted by atomic mass is 9.98. The second-order valence-electron chi connectivity index (χ2n) is 8.02. The lowest BCUT2D eigenvalue weighted by Crippen LogP contribution is -2.61. The van der Waals surface area contributed by atoms with Gasteiger partial charge in [0.1, 0.15) is 48.8 Å². The third-order valence-corrected chi connectivity index (χ3v) is 5.65. The van der Waals surface area contributed by atoms with Crippen LogP contribution in [0.3, 0.4) is 0 Å². The normalized spacial score (nSPS) is 39.2. The van der Waals surface area contributed by atoms with Crippen molar-refractivity contribution < 1.29 is 59.5 Å². The summed E-state index contributed by atoms with van der Waals surface area (Å²) in [4.78, 5) is 12.2. The summed E-state index contributed by atoms with van der Waals surface area (Å²) in [6.45, 7) is -1.16. The van der Waals surface area contributed by atoms with E-state index >= 15 is 0 Å². The van der Waals surface area contributed by atoms with Gasteiger partial charge in [-0.25, -0.2) is 0 Å². The van der Waals surface area contributed by atoms with Gasteiger partial charge in [-0.05, 0) is 12.0 Å². The average molecular weight is 474 g/mol. The number of esters is 1. The molecule has 33 heavy (non-hydrogen) atoms. The van der Waals surface area contributed by atoms with Crippen LogP contribution in [0.2, 0.25) is 0 Å². The van der Waals surface area contributed by atoms with Crippen LogP contribution in [0, 0.1) is 0 Å². The first-order chi connectivity index (χ1) is 15.7. The van der Waals surface area contributed by atoms with Crippen molar-refractivity contribution in [1.82, 2.24) is 0 Å². The van der Waals surface area contributed by atoms with Gasteiger partial charge in [-0.3, -0.25) is 4.79 Å². The van der Waals surface area contributed by atoms with E-state index in [1.807, 2.05) is 30.3 Å². The van der Waals surface area contributed by atoms with Gasteiger partial charge in [0.25, 0.3) is 0 Å². The van der Waals surface area contributed by atoms with Crippen molar-refractivity contribution in [3.63, 3.8) is 0 Å². The fourth-order valence-electron chi connectivity index (χ4n) is 3.63. The van der Waals surface area contributed by atoms with Crippen LogP contribution in [0.25, 0.3) is 0 Å². The molecule has 0 saturated carbocycles. The first kappa shape index (κ1) is 25.9. The number of carbonyl (C=O) groups is 1. The van der Waals surface area contributed by atoms with Crippen molar-refractivity contribution in [2.24, 2.45) is 0 Å². The third-order valence-electron chi connectivity index (χ3n) is 5.65. The van der Waals surface area contributed by atoms with Crippen LogP contribution in [0.5, 0.6) is 0 Å². The number of hydrogen-bond acceptors (Lipinski definition) is 12. The molecule has 2 saturated heterocycles. The minimum absolute atomic E-state index is 0.0126. The Hall–Kier alpha value is -1.71. The molecule has 0 spiro atoms. The zero-order valence-corrected chi connectivity index (χ0v) is 17.7. The van der Waals surface area contributed by atoms with Crippen molar-refractivity contribution in [3.05, 3.63) is 35.9 Å². The minimum Gasteiger partial charge on any atom is -0.433 e. The van der Waals surface area contributed by atoms with Crippen molar-refractivity contribution >= 4 is 5.97 Å². The van der Waals surface area contributed by atoms with Crippen molar-refractivity contribution in [3.8, 4) is 0 Å². The summed E-state index contributed by atoms with van der Waals surface area (Å²) in [6.07, 6.45) is -15.2. The number of aliphatic hydroxyl groups is 7. The SMILES string of the molecule is O=C(CCc1ccccc1)O[C@@H]1O[C@H](CO[C@@H]2O[C@H](CO)[C@@H](O)[C@H](O)[C@H]2O)[C@@H](O)[C@H](O)[C@H]1O. The summed E-state index contributed by atoms with van der Waals surface area (Å²) in [5.41, 5.74) is 0.904. The van der Waals surface area contributed by atoms with Crippen LogP contribution in [-0.2, 0) is 30.2 Å². The molecule has 2 fully saturated rings. The number of aliphatic hydroxyl groups excluding tert-OH is 7. The maximum atomic E-state index is 12.2. The monoisotopic (exact) mass is 474 g/mol. The molecular formula is C21H30O12.